The van der Waals surface area contributed by atoms with Gasteiger partial charge < -0.3 is 16.2 Å². The lowest BCUT2D eigenvalue weighted by Crippen LogP contribution is -2.57. The molecular formula is C16H24N2O2. The summed E-state index contributed by atoms with van der Waals surface area (Å²) in [6.45, 7) is -0.00318. The molecule has 1 aromatic rings. The van der Waals surface area contributed by atoms with E-state index in [1.165, 1.54) is 6.42 Å². The Balaban J connectivity index is 1.93. The Morgan fingerprint density at radius 2 is 1.90 bits per heavy atom. The minimum atomic E-state index is -0.567. The summed E-state index contributed by atoms with van der Waals surface area (Å²) >= 11 is 0. The number of hydrogen-bond acceptors (Lipinski definition) is 3. The molecule has 0 heterocycles. The summed E-state index contributed by atoms with van der Waals surface area (Å²) in [5.41, 5.74) is 6.58. The van der Waals surface area contributed by atoms with E-state index >= 15 is 0 Å². The minimum absolute atomic E-state index is 0.00318. The van der Waals surface area contributed by atoms with Crippen LogP contribution in [-0.2, 0) is 11.2 Å². The maximum Gasteiger partial charge on any atom is 0.237 e. The summed E-state index contributed by atoms with van der Waals surface area (Å²) in [4.78, 5) is 12.2. The number of carbonyl (C=O) groups is 1. The lowest BCUT2D eigenvalue weighted by molar-refractivity contribution is -0.125. The van der Waals surface area contributed by atoms with Crippen LogP contribution < -0.4 is 11.1 Å². The summed E-state index contributed by atoms with van der Waals surface area (Å²) < 4.78 is 0. The van der Waals surface area contributed by atoms with Crippen molar-refractivity contribution in [3.8, 4) is 0 Å². The van der Waals surface area contributed by atoms with Crippen LogP contribution >= 0.6 is 0 Å². The molecule has 0 aromatic heterocycles. The van der Waals surface area contributed by atoms with Gasteiger partial charge in [0.05, 0.1) is 18.2 Å². The fraction of sp³-hybridized carbons (Fsp3) is 0.562. The van der Waals surface area contributed by atoms with Crippen LogP contribution in [0.2, 0.25) is 0 Å². The Kier molecular flexibility index (Phi) is 5.15. The molecule has 4 nitrogen and oxygen atoms in total. The molecule has 0 bridgehead atoms. The van der Waals surface area contributed by atoms with E-state index in [0.29, 0.717) is 6.42 Å². The number of nitrogens with one attached hydrogen (secondary N) is 1. The van der Waals surface area contributed by atoms with Crippen LogP contribution in [-0.4, -0.2) is 29.2 Å². The van der Waals surface area contributed by atoms with E-state index in [9.17, 15) is 9.90 Å². The predicted octanol–water partition coefficient (Wildman–Crippen LogP) is 1.37. The van der Waals surface area contributed by atoms with Gasteiger partial charge in [-0.15, -0.1) is 0 Å². The molecule has 1 aromatic carbocycles. The van der Waals surface area contributed by atoms with Crippen LogP contribution in [0.3, 0.4) is 0 Å². The molecule has 1 atom stereocenters. The van der Waals surface area contributed by atoms with Crippen molar-refractivity contribution in [3.05, 3.63) is 35.9 Å². The number of hydrogen-bond donors (Lipinski definition) is 3. The first kappa shape index (κ1) is 15.0. The van der Waals surface area contributed by atoms with Crippen LogP contribution in [0, 0.1) is 0 Å². The van der Waals surface area contributed by atoms with E-state index in [-0.39, 0.29) is 12.5 Å². The summed E-state index contributed by atoms with van der Waals surface area (Å²) in [6, 6.07) is 9.19. The topological polar surface area (TPSA) is 75.4 Å². The summed E-state index contributed by atoms with van der Waals surface area (Å²) in [5, 5.41) is 12.6. The summed E-state index contributed by atoms with van der Waals surface area (Å²) in [7, 11) is 0. The Morgan fingerprint density at radius 3 is 2.50 bits per heavy atom. The number of carbonyl (C=O) groups excluding carboxylic acids is 1. The average molecular weight is 276 g/mol. The van der Waals surface area contributed by atoms with E-state index in [4.69, 9.17) is 5.73 Å². The molecule has 110 valence electrons. The van der Waals surface area contributed by atoms with E-state index in [0.717, 1.165) is 31.2 Å². The SMILES string of the molecule is N[C@@H](Cc1ccccc1)C(=O)NC1(CO)CCCCC1. The van der Waals surface area contributed by atoms with Gasteiger partial charge in [0.15, 0.2) is 0 Å². The number of amides is 1. The van der Waals surface area contributed by atoms with Crippen LogP contribution in [0.15, 0.2) is 30.3 Å². The molecule has 0 spiro atoms. The molecular weight excluding hydrogens is 252 g/mol. The molecule has 0 unspecified atom stereocenters. The van der Waals surface area contributed by atoms with Crippen molar-refractivity contribution in [2.75, 3.05) is 6.61 Å². The van der Waals surface area contributed by atoms with Crippen molar-refractivity contribution in [1.29, 1.82) is 0 Å². The van der Waals surface area contributed by atoms with Gasteiger partial charge in [0.25, 0.3) is 0 Å². The summed E-state index contributed by atoms with van der Waals surface area (Å²) in [6.07, 6.45) is 5.48. The Labute approximate surface area is 120 Å². The number of benzene rings is 1. The van der Waals surface area contributed by atoms with E-state index in [1.807, 2.05) is 30.3 Å². The van der Waals surface area contributed by atoms with Gasteiger partial charge in [-0.1, -0.05) is 49.6 Å². The maximum atomic E-state index is 12.2. The molecule has 0 aliphatic heterocycles. The molecule has 20 heavy (non-hydrogen) atoms. The van der Waals surface area contributed by atoms with Gasteiger partial charge in [0.1, 0.15) is 0 Å². The lowest BCUT2D eigenvalue weighted by atomic mass is 9.82. The molecule has 2 rings (SSSR count). The van der Waals surface area contributed by atoms with Gasteiger partial charge in [-0.05, 0) is 24.8 Å². The number of aliphatic hydroxyl groups is 1. The quantitative estimate of drug-likeness (QED) is 0.760. The zero-order valence-corrected chi connectivity index (χ0v) is 11.8. The minimum Gasteiger partial charge on any atom is -0.394 e. The third kappa shape index (κ3) is 3.81. The fourth-order valence-corrected chi connectivity index (χ4v) is 2.87. The number of aliphatic hydroxyl groups excluding tert-OH is 1. The van der Waals surface area contributed by atoms with E-state index in [1.54, 1.807) is 0 Å². The zero-order valence-electron chi connectivity index (χ0n) is 11.8. The fourth-order valence-electron chi connectivity index (χ4n) is 2.87. The van der Waals surface area contributed by atoms with Gasteiger partial charge in [-0.3, -0.25) is 4.79 Å². The molecule has 1 saturated carbocycles. The molecule has 0 saturated heterocycles. The summed E-state index contributed by atoms with van der Waals surface area (Å²) in [5.74, 6) is -0.162. The van der Waals surface area contributed by atoms with Gasteiger partial charge in [-0.2, -0.15) is 0 Å². The van der Waals surface area contributed by atoms with Crippen molar-refractivity contribution in [3.63, 3.8) is 0 Å². The first-order chi connectivity index (χ1) is 9.65. The third-order valence-electron chi connectivity index (χ3n) is 4.14. The van der Waals surface area contributed by atoms with Crippen LogP contribution in [0.1, 0.15) is 37.7 Å². The van der Waals surface area contributed by atoms with Crippen LogP contribution in [0.25, 0.3) is 0 Å². The smallest absolute Gasteiger partial charge is 0.237 e. The first-order valence-electron chi connectivity index (χ1n) is 7.38. The molecule has 1 aliphatic rings. The van der Waals surface area contributed by atoms with Crippen molar-refractivity contribution in [2.24, 2.45) is 5.73 Å². The normalized spacial score (nSPS) is 19.3. The monoisotopic (exact) mass is 276 g/mol. The molecule has 0 radical (unpaired) electrons. The highest BCUT2D eigenvalue weighted by Gasteiger charge is 2.34. The second kappa shape index (κ2) is 6.86. The van der Waals surface area contributed by atoms with Crippen molar-refractivity contribution >= 4 is 5.91 Å². The molecule has 1 amide bonds. The Morgan fingerprint density at radius 1 is 1.25 bits per heavy atom. The van der Waals surface area contributed by atoms with Crippen molar-refractivity contribution in [2.45, 2.75) is 50.1 Å². The number of nitrogens with two attached hydrogens (primary N) is 1. The van der Waals surface area contributed by atoms with Crippen molar-refractivity contribution in [1.82, 2.24) is 5.32 Å². The highest BCUT2D eigenvalue weighted by Crippen LogP contribution is 2.27. The van der Waals surface area contributed by atoms with Gasteiger partial charge in [0, 0.05) is 0 Å². The van der Waals surface area contributed by atoms with Gasteiger partial charge in [0.2, 0.25) is 5.91 Å². The molecule has 4 heteroatoms. The van der Waals surface area contributed by atoms with E-state index in [2.05, 4.69) is 5.32 Å². The van der Waals surface area contributed by atoms with Crippen LogP contribution in [0.4, 0.5) is 0 Å². The molecule has 1 aliphatic carbocycles. The van der Waals surface area contributed by atoms with Crippen molar-refractivity contribution < 1.29 is 9.90 Å². The third-order valence-corrected chi connectivity index (χ3v) is 4.14. The zero-order chi connectivity index (χ0) is 14.4. The number of rotatable bonds is 5. The molecule has 4 N–H and O–H groups in total. The Bertz CT molecular complexity index is 427. The molecule has 1 fully saturated rings. The highest BCUT2D eigenvalue weighted by atomic mass is 16.3. The second-order valence-electron chi connectivity index (χ2n) is 5.78. The highest BCUT2D eigenvalue weighted by molar-refractivity contribution is 5.82. The second-order valence-corrected chi connectivity index (χ2v) is 5.78. The predicted molar refractivity (Wildman–Crippen MR) is 79.2 cm³/mol. The lowest BCUT2D eigenvalue weighted by Gasteiger charge is -2.37. The largest absolute Gasteiger partial charge is 0.394 e. The van der Waals surface area contributed by atoms with E-state index < -0.39 is 11.6 Å². The maximum absolute atomic E-state index is 12.2. The van der Waals surface area contributed by atoms with Gasteiger partial charge in [-0.25, -0.2) is 0 Å². The van der Waals surface area contributed by atoms with Gasteiger partial charge >= 0.3 is 0 Å². The standard InChI is InChI=1S/C16H24N2O2/c17-14(11-13-7-3-1-4-8-13)15(20)18-16(12-19)9-5-2-6-10-16/h1,3-4,7-8,14,19H,2,5-6,9-12,17H2,(H,18,20)/t14-/m0/s1. The Hall–Kier alpha value is -1.39. The average Bonchev–Trinajstić information content (AvgIpc) is 2.49. The van der Waals surface area contributed by atoms with Crippen LogP contribution in [0.5, 0.6) is 0 Å². The first-order valence-corrected chi connectivity index (χ1v) is 7.38.